The van der Waals surface area contributed by atoms with Crippen LogP contribution in [0.5, 0.6) is 17.2 Å². The fourth-order valence-corrected chi connectivity index (χ4v) is 3.64. The Labute approximate surface area is 168 Å². The highest BCUT2D eigenvalue weighted by Gasteiger charge is 2.14. The SMILES string of the molecule is CCC(=Nn1c(-c2ccc(OC)cc2OC)csc1=NC)c1ccc(O)cc1. The summed E-state index contributed by atoms with van der Waals surface area (Å²) in [5.74, 6) is 1.66. The molecule has 28 heavy (non-hydrogen) atoms. The molecule has 0 fully saturated rings. The molecule has 0 saturated heterocycles. The molecule has 7 heteroatoms. The van der Waals surface area contributed by atoms with Crippen LogP contribution >= 0.6 is 11.3 Å². The van der Waals surface area contributed by atoms with Gasteiger partial charge in [0.05, 0.1) is 25.6 Å². The lowest BCUT2D eigenvalue weighted by molar-refractivity contribution is 0.395. The summed E-state index contributed by atoms with van der Waals surface area (Å²) in [5, 5.41) is 16.5. The Morgan fingerprint density at radius 1 is 1.11 bits per heavy atom. The van der Waals surface area contributed by atoms with Crippen LogP contribution in [0.2, 0.25) is 0 Å². The Kier molecular flexibility index (Phi) is 6.16. The van der Waals surface area contributed by atoms with Gasteiger partial charge in [-0.25, -0.2) is 4.68 Å². The minimum Gasteiger partial charge on any atom is -0.508 e. The van der Waals surface area contributed by atoms with Crippen molar-refractivity contribution in [3.63, 3.8) is 0 Å². The molecule has 0 aliphatic rings. The van der Waals surface area contributed by atoms with Crippen molar-refractivity contribution in [2.75, 3.05) is 21.3 Å². The third-order valence-corrected chi connectivity index (χ3v) is 5.22. The standard InChI is InChI=1S/C21H23N3O3S/c1-5-18(14-6-8-15(25)9-7-14)23-24-19(13-28-21(24)22-2)17-11-10-16(26-3)12-20(17)27-4/h6-13,25H,5H2,1-4H3. The van der Waals surface area contributed by atoms with E-state index in [1.807, 2.05) is 40.4 Å². The van der Waals surface area contributed by atoms with Gasteiger partial charge in [-0.05, 0) is 48.4 Å². The molecule has 0 aliphatic heterocycles. The number of aromatic hydroxyl groups is 1. The largest absolute Gasteiger partial charge is 0.508 e. The smallest absolute Gasteiger partial charge is 0.205 e. The third kappa shape index (κ3) is 3.94. The number of ether oxygens (including phenoxy) is 2. The summed E-state index contributed by atoms with van der Waals surface area (Å²) in [6, 6.07) is 12.8. The maximum atomic E-state index is 9.56. The lowest BCUT2D eigenvalue weighted by Crippen LogP contribution is -2.15. The first kappa shape index (κ1) is 19.7. The number of thiazole rings is 1. The van der Waals surface area contributed by atoms with E-state index in [0.717, 1.165) is 39.5 Å². The predicted molar refractivity (Wildman–Crippen MR) is 113 cm³/mol. The summed E-state index contributed by atoms with van der Waals surface area (Å²) < 4.78 is 12.7. The molecule has 3 rings (SSSR count). The molecule has 1 aromatic heterocycles. The summed E-state index contributed by atoms with van der Waals surface area (Å²) >= 11 is 1.51. The molecule has 146 valence electrons. The quantitative estimate of drug-likeness (QED) is 0.636. The normalized spacial score (nSPS) is 12.3. The van der Waals surface area contributed by atoms with E-state index in [0.29, 0.717) is 5.75 Å². The second kappa shape index (κ2) is 8.75. The molecule has 0 bridgehead atoms. The number of hydrogen-bond acceptors (Lipinski definition) is 6. The average Bonchev–Trinajstić information content (AvgIpc) is 3.14. The Morgan fingerprint density at radius 3 is 2.46 bits per heavy atom. The van der Waals surface area contributed by atoms with Gasteiger partial charge in [0.1, 0.15) is 17.2 Å². The minimum atomic E-state index is 0.232. The molecule has 0 amide bonds. The summed E-state index contributed by atoms with van der Waals surface area (Å²) in [4.78, 5) is 5.15. The van der Waals surface area contributed by atoms with Gasteiger partial charge in [0.2, 0.25) is 4.80 Å². The van der Waals surface area contributed by atoms with Crippen LogP contribution in [0.1, 0.15) is 18.9 Å². The van der Waals surface area contributed by atoms with Crippen LogP contribution < -0.4 is 14.3 Å². The van der Waals surface area contributed by atoms with E-state index in [4.69, 9.17) is 14.6 Å². The van der Waals surface area contributed by atoms with Crippen LogP contribution in [0.25, 0.3) is 11.3 Å². The van der Waals surface area contributed by atoms with Crippen molar-refractivity contribution < 1.29 is 14.6 Å². The first-order valence-electron chi connectivity index (χ1n) is 8.84. The summed E-state index contributed by atoms with van der Waals surface area (Å²) in [5.41, 5.74) is 3.63. The van der Waals surface area contributed by atoms with Crippen LogP contribution in [0.15, 0.2) is 57.9 Å². The number of hydrogen-bond donors (Lipinski definition) is 1. The highest BCUT2D eigenvalue weighted by atomic mass is 32.1. The number of phenolic OH excluding ortho intramolecular Hbond substituents is 1. The van der Waals surface area contributed by atoms with Crippen LogP contribution in [-0.2, 0) is 0 Å². The summed E-state index contributed by atoms with van der Waals surface area (Å²) in [6.07, 6.45) is 0.732. The zero-order valence-electron chi connectivity index (χ0n) is 16.3. The first-order chi connectivity index (χ1) is 13.6. The van der Waals surface area contributed by atoms with Gasteiger partial charge < -0.3 is 14.6 Å². The van der Waals surface area contributed by atoms with E-state index in [9.17, 15) is 5.11 Å². The van der Waals surface area contributed by atoms with E-state index in [1.54, 1.807) is 33.4 Å². The van der Waals surface area contributed by atoms with Crippen LogP contribution in [-0.4, -0.2) is 36.8 Å². The molecule has 1 N–H and O–H groups in total. The predicted octanol–water partition coefficient (Wildman–Crippen LogP) is 4.13. The zero-order valence-corrected chi connectivity index (χ0v) is 17.2. The fraction of sp³-hybridized carbons (Fsp3) is 0.238. The van der Waals surface area contributed by atoms with Gasteiger partial charge in [0, 0.05) is 24.1 Å². The fourth-order valence-electron chi connectivity index (χ4n) is 2.85. The van der Waals surface area contributed by atoms with E-state index in [-0.39, 0.29) is 5.75 Å². The third-order valence-electron chi connectivity index (χ3n) is 4.32. The van der Waals surface area contributed by atoms with E-state index >= 15 is 0 Å². The van der Waals surface area contributed by atoms with E-state index < -0.39 is 0 Å². The Morgan fingerprint density at radius 2 is 1.86 bits per heavy atom. The number of aromatic nitrogens is 1. The minimum absolute atomic E-state index is 0.232. The van der Waals surface area contributed by atoms with Crippen molar-refractivity contribution in [3.8, 4) is 28.5 Å². The average molecular weight is 398 g/mol. The van der Waals surface area contributed by atoms with Gasteiger partial charge in [-0.1, -0.05) is 6.92 Å². The topological polar surface area (TPSA) is 68.3 Å². The second-order valence-corrected chi connectivity index (χ2v) is 6.79. The van der Waals surface area contributed by atoms with Crippen molar-refractivity contribution in [1.29, 1.82) is 0 Å². The molecular formula is C21H23N3O3S. The van der Waals surface area contributed by atoms with Crippen LogP contribution in [0.4, 0.5) is 0 Å². The molecule has 1 heterocycles. The van der Waals surface area contributed by atoms with Crippen molar-refractivity contribution in [2.45, 2.75) is 13.3 Å². The van der Waals surface area contributed by atoms with Crippen molar-refractivity contribution in [2.24, 2.45) is 10.1 Å². The Hall–Kier alpha value is -3.06. The molecule has 6 nitrogen and oxygen atoms in total. The molecule has 0 atom stereocenters. The van der Waals surface area contributed by atoms with Gasteiger partial charge in [-0.15, -0.1) is 11.3 Å². The van der Waals surface area contributed by atoms with Gasteiger partial charge in [-0.3, -0.25) is 4.99 Å². The number of benzene rings is 2. The van der Waals surface area contributed by atoms with Gasteiger partial charge in [0.25, 0.3) is 0 Å². The monoisotopic (exact) mass is 397 g/mol. The van der Waals surface area contributed by atoms with Gasteiger partial charge in [0.15, 0.2) is 0 Å². The van der Waals surface area contributed by atoms with Gasteiger partial charge >= 0.3 is 0 Å². The molecule has 2 aromatic carbocycles. The highest BCUT2D eigenvalue weighted by Crippen LogP contribution is 2.33. The number of phenols is 1. The second-order valence-electron chi connectivity index (χ2n) is 5.95. The molecule has 0 spiro atoms. The lowest BCUT2D eigenvalue weighted by atomic mass is 10.1. The van der Waals surface area contributed by atoms with Crippen molar-refractivity contribution in [3.05, 3.63) is 58.2 Å². The van der Waals surface area contributed by atoms with Crippen LogP contribution in [0, 0.1) is 0 Å². The molecule has 0 unspecified atom stereocenters. The maximum absolute atomic E-state index is 9.56. The molecular weight excluding hydrogens is 374 g/mol. The van der Waals surface area contributed by atoms with Crippen LogP contribution in [0.3, 0.4) is 0 Å². The molecule has 3 aromatic rings. The Bertz CT molecular complexity index is 1050. The highest BCUT2D eigenvalue weighted by molar-refractivity contribution is 7.07. The van der Waals surface area contributed by atoms with Gasteiger partial charge in [-0.2, -0.15) is 5.10 Å². The number of nitrogens with zero attached hydrogens (tertiary/aromatic N) is 3. The molecule has 0 aliphatic carbocycles. The summed E-state index contributed by atoms with van der Waals surface area (Å²) in [7, 11) is 5.01. The molecule has 0 radical (unpaired) electrons. The zero-order chi connectivity index (χ0) is 20.1. The maximum Gasteiger partial charge on any atom is 0.205 e. The van der Waals surface area contributed by atoms with E-state index in [2.05, 4.69) is 11.9 Å². The van der Waals surface area contributed by atoms with Crippen molar-refractivity contribution >= 4 is 17.0 Å². The summed E-state index contributed by atoms with van der Waals surface area (Å²) in [6.45, 7) is 2.05. The first-order valence-corrected chi connectivity index (χ1v) is 9.72. The van der Waals surface area contributed by atoms with Crippen molar-refractivity contribution in [1.82, 2.24) is 4.68 Å². The number of rotatable bonds is 6. The molecule has 0 saturated carbocycles. The lowest BCUT2D eigenvalue weighted by Gasteiger charge is -2.12. The van der Waals surface area contributed by atoms with E-state index in [1.165, 1.54) is 11.3 Å². The number of methoxy groups -OCH3 is 2. The Balaban J connectivity index is 2.17.